The van der Waals surface area contributed by atoms with E-state index < -0.39 is 5.91 Å². The van der Waals surface area contributed by atoms with Crippen molar-refractivity contribution in [2.75, 3.05) is 18.4 Å². The number of nitrogens with zero attached hydrogens (tertiary/aromatic N) is 3. The molecular weight excluding hydrogens is 316 g/mol. The van der Waals surface area contributed by atoms with Crippen LogP contribution in [-0.2, 0) is 11.2 Å². The van der Waals surface area contributed by atoms with Crippen LogP contribution in [0.15, 0.2) is 54.6 Å². The first-order valence-electron chi connectivity index (χ1n) is 7.61. The predicted molar refractivity (Wildman–Crippen MR) is 92.3 cm³/mol. The highest BCUT2D eigenvalue weighted by atomic mass is 16.2. The summed E-state index contributed by atoms with van der Waals surface area (Å²) in [6, 6.07) is 19.5. The molecule has 0 atom stereocenters. The van der Waals surface area contributed by atoms with Crippen LogP contribution in [0.1, 0.15) is 15.9 Å². The van der Waals surface area contributed by atoms with Gasteiger partial charge in [0.2, 0.25) is 5.91 Å². The number of hydrogen-bond acceptors (Lipinski definition) is 4. The molecule has 0 radical (unpaired) electrons. The Balaban J connectivity index is 1.99. The standard InChI is InChI=1S/C19H16N4O2/c20-10-12-23(13-11-21)19(25)16-6-8-17(9-7-16)22-18(24)14-15-4-2-1-3-5-15/h1-9H,12-14H2,(H,22,24). The Morgan fingerprint density at radius 1 is 0.920 bits per heavy atom. The molecule has 0 saturated heterocycles. The molecule has 0 saturated carbocycles. The van der Waals surface area contributed by atoms with Gasteiger partial charge in [-0.3, -0.25) is 9.59 Å². The zero-order chi connectivity index (χ0) is 18.1. The number of benzene rings is 2. The fourth-order valence-electron chi connectivity index (χ4n) is 2.24. The van der Waals surface area contributed by atoms with Crippen molar-refractivity contribution in [1.29, 1.82) is 10.5 Å². The van der Waals surface area contributed by atoms with Crippen molar-refractivity contribution in [2.24, 2.45) is 0 Å². The highest BCUT2D eigenvalue weighted by molar-refractivity contribution is 5.96. The molecule has 2 amide bonds. The van der Waals surface area contributed by atoms with Crippen LogP contribution in [0, 0.1) is 22.7 Å². The number of nitriles is 2. The minimum absolute atomic E-state index is 0.151. The van der Waals surface area contributed by atoms with Gasteiger partial charge in [-0.25, -0.2) is 0 Å². The van der Waals surface area contributed by atoms with Gasteiger partial charge in [0.15, 0.2) is 0 Å². The summed E-state index contributed by atoms with van der Waals surface area (Å²) >= 11 is 0. The fraction of sp³-hybridized carbons (Fsp3) is 0.158. The third-order valence-corrected chi connectivity index (χ3v) is 3.43. The van der Waals surface area contributed by atoms with Crippen LogP contribution in [0.5, 0.6) is 0 Å². The van der Waals surface area contributed by atoms with Crippen molar-refractivity contribution in [3.63, 3.8) is 0 Å². The fourth-order valence-corrected chi connectivity index (χ4v) is 2.24. The molecule has 0 aliphatic heterocycles. The summed E-state index contributed by atoms with van der Waals surface area (Å²) in [5, 5.41) is 20.2. The molecule has 124 valence electrons. The second-order valence-electron chi connectivity index (χ2n) is 5.27. The van der Waals surface area contributed by atoms with Crippen LogP contribution in [-0.4, -0.2) is 29.8 Å². The Hall–Kier alpha value is -3.64. The van der Waals surface area contributed by atoms with Gasteiger partial charge in [0.1, 0.15) is 13.1 Å². The molecule has 0 spiro atoms. The van der Waals surface area contributed by atoms with Gasteiger partial charge in [-0.2, -0.15) is 10.5 Å². The zero-order valence-electron chi connectivity index (χ0n) is 13.5. The summed E-state index contributed by atoms with van der Waals surface area (Å²) in [5.41, 5.74) is 1.84. The summed E-state index contributed by atoms with van der Waals surface area (Å²) in [6.45, 7) is -0.302. The molecule has 0 aliphatic rings. The molecule has 0 heterocycles. The number of hydrogen-bond donors (Lipinski definition) is 1. The van der Waals surface area contributed by atoms with E-state index in [1.165, 1.54) is 0 Å². The lowest BCUT2D eigenvalue weighted by molar-refractivity contribution is -0.115. The predicted octanol–water partition coefficient (Wildman–Crippen LogP) is 2.36. The molecule has 6 nitrogen and oxygen atoms in total. The Morgan fingerprint density at radius 2 is 1.52 bits per heavy atom. The van der Waals surface area contributed by atoms with Crippen LogP contribution in [0.3, 0.4) is 0 Å². The second kappa shape index (κ2) is 8.85. The second-order valence-corrected chi connectivity index (χ2v) is 5.27. The number of carbonyl (C=O) groups excluding carboxylic acids is 2. The van der Waals surface area contributed by atoms with E-state index in [1.54, 1.807) is 24.3 Å². The van der Waals surface area contributed by atoms with Gasteiger partial charge in [-0.05, 0) is 29.8 Å². The zero-order valence-corrected chi connectivity index (χ0v) is 13.5. The van der Waals surface area contributed by atoms with Crippen molar-refractivity contribution in [1.82, 2.24) is 4.90 Å². The van der Waals surface area contributed by atoms with Crippen LogP contribution < -0.4 is 5.32 Å². The van der Waals surface area contributed by atoms with E-state index in [2.05, 4.69) is 5.32 Å². The Kier molecular flexibility index (Phi) is 6.27. The van der Waals surface area contributed by atoms with E-state index >= 15 is 0 Å². The van der Waals surface area contributed by atoms with Gasteiger partial charge in [0.25, 0.3) is 5.91 Å². The maximum absolute atomic E-state index is 12.2. The summed E-state index contributed by atoms with van der Waals surface area (Å²) in [5.74, 6) is -0.550. The number of anilines is 1. The number of rotatable bonds is 6. The largest absolute Gasteiger partial charge is 0.326 e. The summed E-state index contributed by atoms with van der Waals surface area (Å²) in [4.78, 5) is 25.4. The van der Waals surface area contributed by atoms with Crippen LogP contribution in [0.2, 0.25) is 0 Å². The van der Waals surface area contributed by atoms with Gasteiger partial charge >= 0.3 is 0 Å². The maximum atomic E-state index is 12.2. The molecule has 0 aliphatic carbocycles. The molecule has 1 N–H and O–H groups in total. The Bertz CT molecular complexity index is 801. The monoisotopic (exact) mass is 332 g/mol. The molecular formula is C19H16N4O2. The lowest BCUT2D eigenvalue weighted by atomic mass is 10.1. The van der Waals surface area contributed by atoms with E-state index in [0.29, 0.717) is 11.3 Å². The molecule has 2 aromatic carbocycles. The normalized spacial score (nSPS) is 9.52. The molecule has 0 unspecified atom stereocenters. The first-order valence-corrected chi connectivity index (χ1v) is 7.61. The maximum Gasteiger partial charge on any atom is 0.255 e. The highest BCUT2D eigenvalue weighted by Gasteiger charge is 2.15. The quantitative estimate of drug-likeness (QED) is 0.821. The number of nitrogens with one attached hydrogen (secondary N) is 1. The lowest BCUT2D eigenvalue weighted by Crippen LogP contribution is -2.31. The van der Waals surface area contributed by atoms with Gasteiger partial charge in [0, 0.05) is 11.3 Å². The summed E-state index contributed by atoms with van der Waals surface area (Å²) in [6.07, 6.45) is 0.264. The molecule has 0 fully saturated rings. The van der Waals surface area contributed by atoms with Gasteiger partial charge in [-0.15, -0.1) is 0 Å². The van der Waals surface area contributed by atoms with E-state index in [9.17, 15) is 9.59 Å². The van der Waals surface area contributed by atoms with Crippen molar-refractivity contribution >= 4 is 17.5 Å². The Morgan fingerprint density at radius 3 is 2.08 bits per heavy atom. The van der Waals surface area contributed by atoms with Crippen LogP contribution >= 0.6 is 0 Å². The van der Waals surface area contributed by atoms with E-state index in [-0.39, 0.29) is 25.4 Å². The minimum Gasteiger partial charge on any atom is -0.326 e. The molecule has 25 heavy (non-hydrogen) atoms. The van der Waals surface area contributed by atoms with Crippen molar-refractivity contribution in [3.05, 3.63) is 65.7 Å². The van der Waals surface area contributed by atoms with Crippen molar-refractivity contribution in [3.8, 4) is 12.1 Å². The first-order chi connectivity index (χ1) is 12.1. The van der Waals surface area contributed by atoms with Crippen LogP contribution in [0.4, 0.5) is 5.69 Å². The molecule has 2 aromatic rings. The average molecular weight is 332 g/mol. The SMILES string of the molecule is N#CCN(CC#N)C(=O)c1ccc(NC(=O)Cc2ccccc2)cc1. The molecule has 2 rings (SSSR count). The molecule has 0 aromatic heterocycles. The highest BCUT2D eigenvalue weighted by Crippen LogP contribution is 2.12. The number of amides is 2. The summed E-state index contributed by atoms with van der Waals surface area (Å²) < 4.78 is 0. The van der Waals surface area contributed by atoms with E-state index in [4.69, 9.17) is 10.5 Å². The van der Waals surface area contributed by atoms with Crippen molar-refractivity contribution < 1.29 is 9.59 Å². The smallest absolute Gasteiger partial charge is 0.255 e. The topological polar surface area (TPSA) is 97.0 Å². The number of carbonyl (C=O) groups is 2. The molecule has 0 bridgehead atoms. The minimum atomic E-state index is -0.398. The average Bonchev–Trinajstić information content (AvgIpc) is 2.62. The van der Waals surface area contributed by atoms with E-state index in [1.807, 2.05) is 42.5 Å². The van der Waals surface area contributed by atoms with Crippen molar-refractivity contribution in [2.45, 2.75) is 6.42 Å². The molecule has 6 heteroatoms. The Labute approximate surface area is 145 Å². The van der Waals surface area contributed by atoms with Crippen LogP contribution in [0.25, 0.3) is 0 Å². The van der Waals surface area contributed by atoms with Gasteiger partial charge < -0.3 is 10.2 Å². The first kappa shape index (κ1) is 17.7. The third-order valence-electron chi connectivity index (χ3n) is 3.43. The third kappa shape index (κ3) is 5.19. The van der Waals surface area contributed by atoms with Gasteiger partial charge in [0.05, 0.1) is 18.6 Å². The summed E-state index contributed by atoms with van der Waals surface area (Å²) in [7, 11) is 0. The van der Waals surface area contributed by atoms with E-state index in [0.717, 1.165) is 10.5 Å². The van der Waals surface area contributed by atoms with Gasteiger partial charge in [-0.1, -0.05) is 30.3 Å². The lowest BCUT2D eigenvalue weighted by Gasteiger charge is -2.16.